The van der Waals surface area contributed by atoms with Crippen LogP contribution in [0.25, 0.3) is 0 Å². The molecular weight excluding hydrogens is 232 g/mol. The zero-order valence-corrected chi connectivity index (χ0v) is 12.4. The third-order valence-electron chi connectivity index (χ3n) is 4.20. The summed E-state index contributed by atoms with van der Waals surface area (Å²) in [5, 5.41) is 0. The first-order valence-electron chi connectivity index (χ1n) is 7.66. The first kappa shape index (κ1) is 14.5. The molecule has 0 amide bonds. The van der Waals surface area contributed by atoms with Crippen molar-refractivity contribution in [2.24, 2.45) is 17.6 Å². The van der Waals surface area contributed by atoms with Crippen LogP contribution in [-0.2, 0) is 0 Å². The van der Waals surface area contributed by atoms with E-state index in [-0.39, 0.29) is 0 Å². The molecule has 0 radical (unpaired) electrons. The minimum absolute atomic E-state index is 0.662. The van der Waals surface area contributed by atoms with E-state index in [1.807, 2.05) is 0 Å². The minimum atomic E-state index is 0.662. The lowest BCUT2D eigenvalue weighted by atomic mass is 9.96. The molecule has 1 aliphatic heterocycles. The summed E-state index contributed by atoms with van der Waals surface area (Å²) in [6.07, 6.45) is 2.55. The average Bonchev–Trinajstić information content (AvgIpc) is 2.87. The molecule has 1 aromatic rings. The molecule has 2 unspecified atom stereocenters. The van der Waals surface area contributed by atoms with Crippen LogP contribution in [-0.4, -0.2) is 31.1 Å². The third-order valence-corrected chi connectivity index (χ3v) is 4.20. The third kappa shape index (κ3) is 4.32. The van der Waals surface area contributed by atoms with E-state index in [1.165, 1.54) is 38.0 Å². The summed E-state index contributed by atoms with van der Waals surface area (Å²) in [5.74, 6) is 2.13. The number of hydrogen-bond acceptors (Lipinski definition) is 2. The van der Waals surface area contributed by atoms with Gasteiger partial charge in [0.1, 0.15) is 0 Å². The van der Waals surface area contributed by atoms with Crippen molar-refractivity contribution in [2.75, 3.05) is 26.2 Å². The second kappa shape index (κ2) is 7.06. The van der Waals surface area contributed by atoms with Crippen molar-refractivity contribution in [3.05, 3.63) is 35.9 Å². The summed E-state index contributed by atoms with van der Waals surface area (Å²) in [6, 6.07) is 10.9. The van der Waals surface area contributed by atoms with Crippen LogP contribution in [0.15, 0.2) is 30.3 Å². The second-order valence-corrected chi connectivity index (χ2v) is 6.39. The molecule has 2 rings (SSSR count). The standard InChI is InChI=1S/C17H28N2/c1-14(2)10-15(11-18)12-19-9-8-17(13-19)16-6-4-3-5-7-16/h3-7,14-15,17H,8-13,18H2,1-2H3. The number of rotatable bonds is 6. The predicted molar refractivity (Wildman–Crippen MR) is 82.2 cm³/mol. The van der Waals surface area contributed by atoms with Crippen LogP contribution in [0, 0.1) is 11.8 Å². The van der Waals surface area contributed by atoms with Crippen molar-refractivity contribution in [3.63, 3.8) is 0 Å². The van der Waals surface area contributed by atoms with Crippen molar-refractivity contribution < 1.29 is 0 Å². The fourth-order valence-corrected chi connectivity index (χ4v) is 3.27. The number of likely N-dealkylation sites (tertiary alicyclic amines) is 1. The summed E-state index contributed by atoms with van der Waals surface area (Å²) in [6.45, 7) is 9.02. The highest BCUT2D eigenvalue weighted by atomic mass is 15.1. The Labute approximate surface area is 118 Å². The Morgan fingerprint density at radius 2 is 2.00 bits per heavy atom. The molecule has 2 atom stereocenters. The van der Waals surface area contributed by atoms with Crippen molar-refractivity contribution in [2.45, 2.75) is 32.6 Å². The number of nitrogens with two attached hydrogens (primary N) is 1. The molecule has 2 nitrogen and oxygen atoms in total. The molecule has 1 fully saturated rings. The van der Waals surface area contributed by atoms with Gasteiger partial charge in [-0.15, -0.1) is 0 Å². The zero-order chi connectivity index (χ0) is 13.7. The Kier molecular flexibility index (Phi) is 5.41. The largest absolute Gasteiger partial charge is 0.330 e. The number of hydrogen-bond donors (Lipinski definition) is 1. The Morgan fingerprint density at radius 1 is 1.26 bits per heavy atom. The van der Waals surface area contributed by atoms with E-state index in [0.717, 1.165) is 18.4 Å². The summed E-state index contributed by atoms with van der Waals surface area (Å²) in [4.78, 5) is 2.61. The molecule has 19 heavy (non-hydrogen) atoms. The van der Waals surface area contributed by atoms with E-state index in [0.29, 0.717) is 5.92 Å². The SMILES string of the molecule is CC(C)CC(CN)CN1CCC(c2ccccc2)C1. The Morgan fingerprint density at radius 3 is 2.63 bits per heavy atom. The van der Waals surface area contributed by atoms with Gasteiger partial charge in [0.25, 0.3) is 0 Å². The van der Waals surface area contributed by atoms with Crippen molar-refractivity contribution in [1.29, 1.82) is 0 Å². The van der Waals surface area contributed by atoms with E-state index < -0.39 is 0 Å². The van der Waals surface area contributed by atoms with Gasteiger partial charge >= 0.3 is 0 Å². The molecule has 0 aliphatic carbocycles. The van der Waals surface area contributed by atoms with Gasteiger partial charge in [-0.05, 0) is 49.2 Å². The van der Waals surface area contributed by atoms with Crippen LogP contribution < -0.4 is 5.73 Å². The Bertz CT molecular complexity index is 361. The normalized spacial score (nSPS) is 22.0. The summed E-state index contributed by atoms with van der Waals surface area (Å²) < 4.78 is 0. The smallest absolute Gasteiger partial charge is 0.00509 e. The van der Waals surface area contributed by atoms with Gasteiger partial charge in [-0.3, -0.25) is 0 Å². The van der Waals surface area contributed by atoms with E-state index in [4.69, 9.17) is 5.73 Å². The van der Waals surface area contributed by atoms with E-state index >= 15 is 0 Å². The first-order chi connectivity index (χ1) is 9.19. The number of benzene rings is 1. The van der Waals surface area contributed by atoms with Crippen molar-refractivity contribution in [3.8, 4) is 0 Å². The maximum Gasteiger partial charge on any atom is 0.00509 e. The molecule has 0 bridgehead atoms. The van der Waals surface area contributed by atoms with Crippen molar-refractivity contribution >= 4 is 0 Å². The first-order valence-corrected chi connectivity index (χ1v) is 7.66. The van der Waals surface area contributed by atoms with Crippen LogP contribution >= 0.6 is 0 Å². The van der Waals surface area contributed by atoms with Gasteiger partial charge in [0.15, 0.2) is 0 Å². The second-order valence-electron chi connectivity index (χ2n) is 6.39. The van der Waals surface area contributed by atoms with E-state index in [9.17, 15) is 0 Å². The molecular formula is C17H28N2. The predicted octanol–water partition coefficient (Wildman–Crippen LogP) is 3.10. The molecule has 0 spiro atoms. The molecule has 2 N–H and O–H groups in total. The quantitative estimate of drug-likeness (QED) is 0.851. The highest BCUT2D eigenvalue weighted by Gasteiger charge is 2.25. The molecule has 106 valence electrons. The van der Waals surface area contributed by atoms with E-state index in [2.05, 4.69) is 49.1 Å². The van der Waals surface area contributed by atoms with Crippen LogP contribution in [0.2, 0.25) is 0 Å². The number of nitrogens with zero attached hydrogens (tertiary/aromatic N) is 1. The van der Waals surface area contributed by atoms with Crippen LogP contribution in [0.3, 0.4) is 0 Å². The molecule has 0 saturated carbocycles. The fraction of sp³-hybridized carbons (Fsp3) is 0.647. The minimum Gasteiger partial charge on any atom is -0.330 e. The monoisotopic (exact) mass is 260 g/mol. The lowest BCUT2D eigenvalue weighted by Gasteiger charge is -2.24. The summed E-state index contributed by atoms with van der Waals surface area (Å²) in [5.41, 5.74) is 7.42. The molecule has 2 heteroatoms. The molecule has 1 heterocycles. The summed E-state index contributed by atoms with van der Waals surface area (Å²) in [7, 11) is 0. The molecule has 1 aliphatic rings. The topological polar surface area (TPSA) is 29.3 Å². The van der Waals surface area contributed by atoms with Gasteiger partial charge in [-0.25, -0.2) is 0 Å². The van der Waals surface area contributed by atoms with Gasteiger partial charge < -0.3 is 10.6 Å². The lowest BCUT2D eigenvalue weighted by molar-refractivity contribution is 0.255. The fourth-order valence-electron chi connectivity index (χ4n) is 3.27. The molecule has 1 saturated heterocycles. The highest BCUT2D eigenvalue weighted by Crippen LogP contribution is 2.27. The van der Waals surface area contributed by atoms with Gasteiger partial charge in [-0.2, -0.15) is 0 Å². The average molecular weight is 260 g/mol. The van der Waals surface area contributed by atoms with Gasteiger partial charge in [0.2, 0.25) is 0 Å². The maximum atomic E-state index is 5.92. The summed E-state index contributed by atoms with van der Waals surface area (Å²) >= 11 is 0. The van der Waals surface area contributed by atoms with Crippen molar-refractivity contribution in [1.82, 2.24) is 4.90 Å². The van der Waals surface area contributed by atoms with Crippen LogP contribution in [0.4, 0.5) is 0 Å². The van der Waals surface area contributed by atoms with E-state index in [1.54, 1.807) is 0 Å². The highest BCUT2D eigenvalue weighted by molar-refractivity contribution is 5.20. The van der Waals surface area contributed by atoms with Crippen LogP contribution in [0.5, 0.6) is 0 Å². The van der Waals surface area contributed by atoms with Gasteiger partial charge in [-0.1, -0.05) is 44.2 Å². The molecule has 0 aromatic heterocycles. The molecule has 1 aromatic carbocycles. The van der Waals surface area contributed by atoms with Gasteiger partial charge in [0, 0.05) is 13.1 Å². The van der Waals surface area contributed by atoms with Gasteiger partial charge in [0.05, 0.1) is 0 Å². The lowest BCUT2D eigenvalue weighted by Crippen LogP contribution is -2.32. The Balaban J connectivity index is 1.84. The maximum absolute atomic E-state index is 5.92. The zero-order valence-electron chi connectivity index (χ0n) is 12.4. The van der Waals surface area contributed by atoms with Crippen LogP contribution in [0.1, 0.15) is 38.2 Å². The Hall–Kier alpha value is -0.860.